The molecule has 0 saturated carbocycles. The number of phenols is 1. The van der Waals surface area contributed by atoms with Gasteiger partial charge in [-0.2, -0.15) is 13.2 Å². The number of aromatic hydroxyl groups is 1. The number of rotatable bonds is 2. The van der Waals surface area contributed by atoms with E-state index >= 15 is 0 Å². The third-order valence-corrected chi connectivity index (χ3v) is 4.19. The van der Waals surface area contributed by atoms with Gasteiger partial charge in [-0.15, -0.1) is 0 Å². The number of aliphatic hydroxyl groups excluding tert-OH is 1. The predicted octanol–water partition coefficient (Wildman–Crippen LogP) is 3.13. The van der Waals surface area contributed by atoms with E-state index in [9.17, 15) is 23.4 Å². The van der Waals surface area contributed by atoms with Crippen LogP contribution in [0.15, 0.2) is 24.3 Å². The highest BCUT2D eigenvalue weighted by molar-refractivity contribution is 5.87. The molecule has 0 radical (unpaired) electrons. The lowest BCUT2D eigenvalue weighted by molar-refractivity contribution is -0.141. The van der Waals surface area contributed by atoms with E-state index in [1.807, 2.05) is 0 Å². The van der Waals surface area contributed by atoms with E-state index < -0.39 is 18.0 Å². The van der Waals surface area contributed by atoms with E-state index in [1.165, 1.54) is 12.1 Å². The SMILES string of the molecule is Oc1cccc2c(C(O)C3CCCCN3)cc(C(F)(F)F)nc12. The van der Waals surface area contributed by atoms with Crippen LogP contribution < -0.4 is 5.32 Å². The summed E-state index contributed by atoms with van der Waals surface area (Å²) in [5.74, 6) is -0.335. The molecule has 1 aliphatic rings. The molecule has 2 heterocycles. The third kappa shape index (κ3) is 3.11. The smallest absolute Gasteiger partial charge is 0.433 e. The first-order valence-corrected chi connectivity index (χ1v) is 7.49. The van der Waals surface area contributed by atoms with Crippen molar-refractivity contribution in [1.29, 1.82) is 0 Å². The van der Waals surface area contributed by atoms with Gasteiger partial charge in [-0.05, 0) is 37.1 Å². The zero-order valence-corrected chi connectivity index (χ0v) is 12.3. The number of halogens is 3. The normalized spacial score (nSPS) is 20.6. The van der Waals surface area contributed by atoms with Crippen LogP contribution in [0.25, 0.3) is 10.9 Å². The highest BCUT2D eigenvalue weighted by atomic mass is 19.4. The summed E-state index contributed by atoms with van der Waals surface area (Å²) in [6.45, 7) is 0.724. The molecule has 23 heavy (non-hydrogen) atoms. The van der Waals surface area contributed by atoms with Crippen LogP contribution in [-0.4, -0.2) is 27.8 Å². The summed E-state index contributed by atoms with van der Waals surface area (Å²) >= 11 is 0. The first-order chi connectivity index (χ1) is 10.9. The molecule has 3 rings (SSSR count). The number of aliphatic hydroxyl groups is 1. The lowest BCUT2D eigenvalue weighted by Gasteiger charge is -2.29. The van der Waals surface area contributed by atoms with Crippen molar-refractivity contribution >= 4 is 10.9 Å². The van der Waals surface area contributed by atoms with Gasteiger partial charge < -0.3 is 15.5 Å². The van der Waals surface area contributed by atoms with Crippen LogP contribution in [0, 0.1) is 0 Å². The van der Waals surface area contributed by atoms with Crippen molar-refractivity contribution in [3.63, 3.8) is 0 Å². The molecular formula is C16H17F3N2O2. The van der Waals surface area contributed by atoms with Crippen LogP contribution in [0.3, 0.4) is 0 Å². The Hall–Kier alpha value is -1.86. The maximum atomic E-state index is 13.1. The number of fused-ring (bicyclic) bond motifs is 1. The summed E-state index contributed by atoms with van der Waals surface area (Å²) < 4.78 is 39.3. The van der Waals surface area contributed by atoms with Gasteiger partial charge in [-0.1, -0.05) is 18.6 Å². The quantitative estimate of drug-likeness (QED) is 0.793. The number of pyridine rings is 1. The van der Waals surface area contributed by atoms with Gasteiger partial charge in [0.2, 0.25) is 0 Å². The number of nitrogens with zero attached hydrogens (tertiary/aromatic N) is 1. The molecular weight excluding hydrogens is 309 g/mol. The summed E-state index contributed by atoms with van der Waals surface area (Å²) in [6.07, 6.45) is -3.16. The molecule has 0 amide bonds. The van der Waals surface area contributed by atoms with Gasteiger partial charge >= 0.3 is 6.18 Å². The fraction of sp³-hybridized carbons (Fsp3) is 0.438. The van der Waals surface area contributed by atoms with Gasteiger partial charge in [0.1, 0.15) is 17.0 Å². The van der Waals surface area contributed by atoms with E-state index in [1.54, 1.807) is 6.07 Å². The summed E-state index contributed by atoms with van der Waals surface area (Å²) in [7, 11) is 0. The van der Waals surface area contributed by atoms with Crippen LogP contribution in [0.4, 0.5) is 13.2 Å². The van der Waals surface area contributed by atoms with Crippen LogP contribution in [0.5, 0.6) is 5.75 Å². The van der Waals surface area contributed by atoms with Gasteiger partial charge in [0.25, 0.3) is 0 Å². The van der Waals surface area contributed by atoms with Crippen LogP contribution in [0.2, 0.25) is 0 Å². The Kier molecular flexibility index (Phi) is 4.16. The van der Waals surface area contributed by atoms with Crippen LogP contribution in [0.1, 0.15) is 36.6 Å². The van der Waals surface area contributed by atoms with E-state index in [2.05, 4.69) is 10.3 Å². The molecule has 0 aliphatic carbocycles. The number of hydrogen-bond acceptors (Lipinski definition) is 4. The van der Waals surface area contributed by atoms with Crippen LogP contribution >= 0.6 is 0 Å². The molecule has 0 spiro atoms. The first-order valence-electron chi connectivity index (χ1n) is 7.49. The Morgan fingerprint density at radius 1 is 1.26 bits per heavy atom. The monoisotopic (exact) mass is 326 g/mol. The summed E-state index contributed by atoms with van der Waals surface area (Å²) in [6, 6.07) is 4.94. The standard InChI is InChI=1S/C16H17F3N2O2/c17-16(18,19)13-8-10(15(23)11-5-1-2-7-20-11)9-4-3-6-12(22)14(9)21-13/h3-4,6,8,11,15,20,22-23H,1-2,5,7H2. The minimum Gasteiger partial charge on any atom is -0.506 e. The van der Waals surface area contributed by atoms with Gasteiger partial charge in [0, 0.05) is 11.4 Å². The maximum absolute atomic E-state index is 13.1. The van der Waals surface area contributed by atoms with Crippen molar-refractivity contribution in [1.82, 2.24) is 10.3 Å². The van der Waals surface area contributed by atoms with Crippen molar-refractivity contribution in [2.24, 2.45) is 0 Å². The minimum atomic E-state index is -4.65. The fourth-order valence-electron chi connectivity index (χ4n) is 3.01. The lowest BCUT2D eigenvalue weighted by atomic mass is 9.92. The zero-order chi connectivity index (χ0) is 16.6. The molecule has 1 aromatic heterocycles. The second kappa shape index (κ2) is 5.98. The van der Waals surface area contributed by atoms with Crippen molar-refractivity contribution in [2.75, 3.05) is 6.54 Å². The average Bonchev–Trinajstić information content (AvgIpc) is 2.54. The number of piperidine rings is 1. The van der Waals surface area contributed by atoms with Crippen molar-refractivity contribution in [3.8, 4) is 5.75 Å². The highest BCUT2D eigenvalue weighted by Crippen LogP contribution is 2.37. The van der Waals surface area contributed by atoms with Gasteiger partial charge in [0.15, 0.2) is 0 Å². The predicted molar refractivity (Wildman–Crippen MR) is 79.0 cm³/mol. The largest absolute Gasteiger partial charge is 0.506 e. The Bertz CT molecular complexity index is 712. The second-order valence-electron chi connectivity index (χ2n) is 5.77. The number of phenolic OH excluding ortho intramolecular Hbond substituents is 1. The lowest BCUT2D eigenvalue weighted by Crippen LogP contribution is -2.39. The molecule has 4 nitrogen and oxygen atoms in total. The molecule has 2 aromatic rings. The van der Waals surface area contributed by atoms with E-state index in [0.29, 0.717) is 11.8 Å². The molecule has 3 N–H and O–H groups in total. The second-order valence-corrected chi connectivity index (χ2v) is 5.77. The minimum absolute atomic E-state index is 0.137. The summed E-state index contributed by atoms with van der Waals surface area (Å²) in [5, 5.41) is 23.9. The maximum Gasteiger partial charge on any atom is 0.433 e. The van der Waals surface area contributed by atoms with Crippen molar-refractivity contribution in [3.05, 3.63) is 35.5 Å². The van der Waals surface area contributed by atoms with E-state index in [-0.39, 0.29) is 22.9 Å². The van der Waals surface area contributed by atoms with Gasteiger partial charge in [-0.25, -0.2) is 4.98 Å². The summed E-state index contributed by atoms with van der Waals surface area (Å²) in [4.78, 5) is 3.53. The van der Waals surface area contributed by atoms with Gasteiger partial charge in [0.05, 0.1) is 6.10 Å². The molecule has 2 atom stereocenters. The number of para-hydroxylation sites is 1. The number of aromatic nitrogens is 1. The van der Waals surface area contributed by atoms with E-state index in [0.717, 1.165) is 25.5 Å². The average molecular weight is 326 g/mol. The van der Waals surface area contributed by atoms with Gasteiger partial charge in [-0.3, -0.25) is 0 Å². The first kappa shape index (κ1) is 16.0. The molecule has 1 aliphatic heterocycles. The Morgan fingerprint density at radius 3 is 2.70 bits per heavy atom. The van der Waals surface area contributed by atoms with Crippen LogP contribution in [-0.2, 0) is 6.18 Å². The summed E-state index contributed by atoms with van der Waals surface area (Å²) in [5.41, 5.74) is -1.12. The Labute approximate surface area is 131 Å². The van der Waals surface area contributed by atoms with Crippen molar-refractivity contribution in [2.45, 2.75) is 37.6 Å². The molecule has 2 unspecified atom stereocenters. The zero-order valence-electron chi connectivity index (χ0n) is 12.3. The molecule has 1 saturated heterocycles. The Balaban J connectivity index is 2.15. The number of alkyl halides is 3. The Morgan fingerprint density at radius 2 is 2.04 bits per heavy atom. The number of hydrogen-bond donors (Lipinski definition) is 3. The van der Waals surface area contributed by atoms with E-state index in [4.69, 9.17) is 0 Å². The third-order valence-electron chi connectivity index (χ3n) is 4.19. The molecule has 1 fully saturated rings. The fourth-order valence-corrected chi connectivity index (χ4v) is 3.01. The molecule has 124 valence electrons. The topological polar surface area (TPSA) is 65.4 Å². The molecule has 1 aromatic carbocycles. The number of nitrogens with one attached hydrogen (secondary N) is 1. The van der Waals surface area contributed by atoms with Crippen molar-refractivity contribution < 1.29 is 23.4 Å². The highest BCUT2D eigenvalue weighted by Gasteiger charge is 2.35. The molecule has 7 heteroatoms. The molecule has 0 bridgehead atoms. The number of benzene rings is 1.